The van der Waals surface area contributed by atoms with Gasteiger partial charge in [0.1, 0.15) is 5.65 Å². The number of nitrogens with zero attached hydrogens (tertiary/aromatic N) is 3. The standard InChI is InChI=1S/C13H14ClN3OS/c14-12-11(17-6-2-1-4-10(17)15-12)13(18)16-5-3-8-19-9-7-16/h1-2,4,6H,3,5,7-9H2. The van der Waals surface area contributed by atoms with E-state index in [0.717, 1.165) is 31.0 Å². The first-order chi connectivity index (χ1) is 9.27. The molecule has 0 aromatic carbocycles. The summed E-state index contributed by atoms with van der Waals surface area (Å²) in [4.78, 5) is 18.7. The fraction of sp³-hybridized carbons (Fsp3) is 0.385. The topological polar surface area (TPSA) is 37.6 Å². The minimum absolute atomic E-state index is 0.0220. The van der Waals surface area contributed by atoms with Crippen LogP contribution < -0.4 is 0 Å². The average molecular weight is 296 g/mol. The molecular weight excluding hydrogens is 282 g/mol. The lowest BCUT2D eigenvalue weighted by Gasteiger charge is -2.19. The van der Waals surface area contributed by atoms with Crippen LogP contribution in [0.4, 0.5) is 0 Å². The molecule has 0 N–H and O–H groups in total. The van der Waals surface area contributed by atoms with Gasteiger partial charge in [-0.1, -0.05) is 17.7 Å². The summed E-state index contributed by atoms with van der Waals surface area (Å²) in [5, 5.41) is 0.285. The number of amides is 1. The van der Waals surface area contributed by atoms with E-state index in [2.05, 4.69) is 4.98 Å². The largest absolute Gasteiger partial charge is 0.336 e. The van der Waals surface area contributed by atoms with Gasteiger partial charge in [0.15, 0.2) is 10.8 Å². The molecule has 19 heavy (non-hydrogen) atoms. The van der Waals surface area contributed by atoms with E-state index >= 15 is 0 Å². The van der Waals surface area contributed by atoms with Crippen LogP contribution in [-0.2, 0) is 0 Å². The van der Waals surface area contributed by atoms with E-state index in [1.807, 2.05) is 41.1 Å². The van der Waals surface area contributed by atoms with Crippen LogP contribution in [0.3, 0.4) is 0 Å². The molecule has 0 bridgehead atoms. The second-order valence-corrected chi connectivity index (χ2v) is 6.02. The maximum Gasteiger partial charge on any atom is 0.274 e. The molecule has 2 aromatic rings. The maximum atomic E-state index is 12.6. The molecule has 1 saturated heterocycles. The third-order valence-electron chi connectivity index (χ3n) is 3.20. The van der Waals surface area contributed by atoms with Crippen LogP contribution >= 0.6 is 23.4 Å². The molecule has 0 saturated carbocycles. The van der Waals surface area contributed by atoms with Crippen molar-refractivity contribution in [1.29, 1.82) is 0 Å². The second kappa shape index (κ2) is 5.43. The Morgan fingerprint density at radius 1 is 1.32 bits per heavy atom. The summed E-state index contributed by atoms with van der Waals surface area (Å²) in [5.41, 5.74) is 1.18. The Labute approximate surface area is 120 Å². The number of rotatable bonds is 1. The van der Waals surface area contributed by atoms with Crippen LogP contribution in [0.2, 0.25) is 5.15 Å². The minimum Gasteiger partial charge on any atom is -0.336 e. The highest BCUT2D eigenvalue weighted by Crippen LogP contribution is 2.21. The van der Waals surface area contributed by atoms with Crippen LogP contribution in [0.25, 0.3) is 5.65 Å². The van der Waals surface area contributed by atoms with Gasteiger partial charge in [-0.3, -0.25) is 9.20 Å². The number of carbonyl (C=O) groups excluding carboxylic acids is 1. The van der Waals surface area contributed by atoms with Crippen molar-refractivity contribution in [2.75, 3.05) is 24.6 Å². The van der Waals surface area contributed by atoms with E-state index in [1.54, 1.807) is 4.40 Å². The first-order valence-corrected chi connectivity index (χ1v) is 7.80. The summed E-state index contributed by atoms with van der Waals surface area (Å²) in [6.45, 7) is 1.57. The molecule has 0 radical (unpaired) electrons. The van der Waals surface area contributed by atoms with Gasteiger partial charge < -0.3 is 4.90 Å². The Kier molecular flexibility index (Phi) is 3.66. The number of imidazole rings is 1. The summed E-state index contributed by atoms with van der Waals surface area (Å²) in [7, 11) is 0. The Morgan fingerprint density at radius 3 is 3.11 bits per heavy atom. The Balaban J connectivity index is 1.98. The molecule has 1 fully saturated rings. The molecule has 0 spiro atoms. The molecule has 0 aliphatic carbocycles. The first-order valence-electron chi connectivity index (χ1n) is 6.27. The number of aromatic nitrogens is 2. The van der Waals surface area contributed by atoms with E-state index in [-0.39, 0.29) is 11.1 Å². The zero-order valence-corrected chi connectivity index (χ0v) is 12.0. The number of thioether (sulfide) groups is 1. The molecule has 3 rings (SSSR count). The molecule has 2 aromatic heterocycles. The van der Waals surface area contributed by atoms with Gasteiger partial charge in [-0.2, -0.15) is 11.8 Å². The molecular formula is C13H14ClN3OS. The predicted molar refractivity (Wildman–Crippen MR) is 78.0 cm³/mol. The molecule has 0 atom stereocenters. The number of pyridine rings is 1. The first kappa shape index (κ1) is 12.8. The summed E-state index contributed by atoms with van der Waals surface area (Å²) in [5.74, 6) is 2.08. The average Bonchev–Trinajstić information content (AvgIpc) is 2.61. The van der Waals surface area contributed by atoms with E-state index < -0.39 is 0 Å². The highest BCUT2D eigenvalue weighted by molar-refractivity contribution is 7.99. The summed E-state index contributed by atoms with van der Waals surface area (Å²) < 4.78 is 1.77. The fourth-order valence-corrected chi connectivity index (χ4v) is 3.40. The molecule has 1 amide bonds. The Morgan fingerprint density at radius 2 is 2.21 bits per heavy atom. The van der Waals surface area contributed by atoms with E-state index in [0.29, 0.717) is 11.3 Å². The normalized spacial score (nSPS) is 16.6. The summed E-state index contributed by atoms with van der Waals surface area (Å²) in [6, 6.07) is 5.61. The van der Waals surface area contributed by atoms with Crippen molar-refractivity contribution in [3.63, 3.8) is 0 Å². The molecule has 6 heteroatoms. The van der Waals surface area contributed by atoms with Gasteiger partial charge >= 0.3 is 0 Å². The van der Waals surface area contributed by atoms with Crippen molar-refractivity contribution < 1.29 is 4.79 Å². The SMILES string of the molecule is O=C(c1c(Cl)nc2ccccn12)N1CCCSCC1. The molecule has 0 unspecified atom stereocenters. The Bertz CT molecular complexity index is 605. The third-order valence-corrected chi connectivity index (χ3v) is 4.51. The number of halogens is 1. The monoisotopic (exact) mass is 295 g/mol. The van der Waals surface area contributed by atoms with Gasteiger partial charge in [-0.25, -0.2) is 4.98 Å². The molecule has 4 nitrogen and oxygen atoms in total. The lowest BCUT2D eigenvalue weighted by molar-refractivity contribution is 0.0762. The molecule has 100 valence electrons. The van der Waals surface area contributed by atoms with E-state index in [9.17, 15) is 4.79 Å². The zero-order chi connectivity index (χ0) is 13.2. The molecule has 1 aliphatic heterocycles. The van der Waals surface area contributed by atoms with Gasteiger partial charge in [0, 0.05) is 25.0 Å². The number of fused-ring (bicyclic) bond motifs is 1. The lowest BCUT2D eigenvalue weighted by atomic mass is 10.3. The zero-order valence-electron chi connectivity index (χ0n) is 10.4. The van der Waals surface area contributed by atoms with Crippen LogP contribution in [0, 0.1) is 0 Å². The van der Waals surface area contributed by atoms with E-state index in [4.69, 9.17) is 11.6 Å². The molecule has 1 aliphatic rings. The van der Waals surface area contributed by atoms with Crippen molar-refractivity contribution in [1.82, 2.24) is 14.3 Å². The minimum atomic E-state index is -0.0220. The van der Waals surface area contributed by atoms with Crippen molar-refractivity contribution in [3.05, 3.63) is 35.2 Å². The van der Waals surface area contributed by atoms with Crippen molar-refractivity contribution in [2.24, 2.45) is 0 Å². The second-order valence-electron chi connectivity index (χ2n) is 4.44. The third kappa shape index (κ3) is 2.44. The van der Waals surface area contributed by atoms with Crippen molar-refractivity contribution in [3.8, 4) is 0 Å². The van der Waals surface area contributed by atoms with Crippen molar-refractivity contribution >= 4 is 34.9 Å². The van der Waals surface area contributed by atoms with Gasteiger partial charge in [-0.05, 0) is 24.3 Å². The van der Waals surface area contributed by atoms with Crippen LogP contribution in [-0.4, -0.2) is 44.8 Å². The van der Waals surface area contributed by atoms with Crippen LogP contribution in [0.5, 0.6) is 0 Å². The van der Waals surface area contributed by atoms with Gasteiger partial charge in [0.05, 0.1) is 0 Å². The van der Waals surface area contributed by atoms with Crippen molar-refractivity contribution in [2.45, 2.75) is 6.42 Å². The Hall–Kier alpha value is -1.20. The van der Waals surface area contributed by atoms with Gasteiger partial charge in [0.25, 0.3) is 5.91 Å². The smallest absolute Gasteiger partial charge is 0.274 e. The van der Waals surface area contributed by atoms with Crippen LogP contribution in [0.15, 0.2) is 24.4 Å². The number of carbonyl (C=O) groups is 1. The number of hydrogen-bond acceptors (Lipinski definition) is 3. The van der Waals surface area contributed by atoms with E-state index in [1.165, 1.54) is 0 Å². The highest BCUT2D eigenvalue weighted by Gasteiger charge is 2.24. The maximum absolute atomic E-state index is 12.6. The molecule has 3 heterocycles. The highest BCUT2D eigenvalue weighted by atomic mass is 35.5. The van der Waals surface area contributed by atoms with Gasteiger partial charge in [-0.15, -0.1) is 0 Å². The quantitative estimate of drug-likeness (QED) is 0.811. The predicted octanol–water partition coefficient (Wildman–Crippen LogP) is 2.57. The summed E-state index contributed by atoms with van der Waals surface area (Å²) in [6.07, 6.45) is 2.86. The fourth-order valence-electron chi connectivity index (χ4n) is 2.26. The lowest BCUT2D eigenvalue weighted by Crippen LogP contribution is -2.33. The summed E-state index contributed by atoms with van der Waals surface area (Å²) >= 11 is 8.03. The number of hydrogen-bond donors (Lipinski definition) is 0. The van der Waals surface area contributed by atoms with Crippen LogP contribution in [0.1, 0.15) is 16.9 Å². The van der Waals surface area contributed by atoms with Gasteiger partial charge in [0.2, 0.25) is 0 Å².